The number of alkyl halides is 1. The third-order valence-corrected chi connectivity index (χ3v) is 6.10. The van der Waals surface area contributed by atoms with Gasteiger partial charge in [0.2, 0.25) is 12.3 Å². The number of nitrogens with zero attached hydrogens (tertiary/aromatic N) is 5. The van der Waals surface area contributed by atoms with E-state index in [-0.39, 0.29) is 23.4 Å². The van der Waals surface area contributed by atoms with E-state index in [9.17, 15) is 13.6 Å². The molecule has 0 aliphatic carbocycles. The van der Waals surface area contributed by atoms with E-state index in [4.69, 9.17) is 9.47 Å². The zero-order valence-electron chi connectivity index (χ0n) is 19.4. The van der Waals surface area contributed by atoms with Crippen LogP contribution in [0.1, 0.15) is 12.5 Å². The maximum atomic E-state index is 14.7. The van der Waals surface area contributed by atoms with Crippen LogP contribution in [-0.2, 0) is 18.3 Å². The average Bonchev–Trinajstić information content (AvgIpc) is 3.10. The van der Waals surface area contributed by atoms with Gasteiger partial charge < -0.3 is 14.4 Å². The number of anilines is 1. The van der Waals surface area contributed by atoms with Crippen LogP contribution in [0.5, 0.6) is 5.75 Å². The predicted octanol–water partition coefficient (Wildman–Crippen LogP) is 3.52. The van der Waals surface area contributed by atoms with E-state index in [2.05, 4.69) is 14.9 Å². The van der Waals surface area contributed by atoms with Gasteiger partial charge in [0.15, 0.2) is 0 Å². The lowest BCUT2D eigenvalue weighted by Gasteiger charge is -2.26. The second kappa shape index (κ2) is 9.46. The number of aromatic nitrogens is 4. The quantitative estimate of drug-likeness (QED) is 0.420. The molecule has 3 heterocycles. The van der Waals surface area contributed by atoms with Crippen LogP contribution < -0.4 is 15.2 Å². The molecule has 0 radical (unpaired) electrons. The molecule has 8 nitrogen and oxygen atoms in total. The Kier molecular flexibility index (Phi) is 6.21. The summed E-state index contributed by atoms with van der Waals surface area (Å²) in [5.74, 6) is 0.196. The molecule has 1 saturated heterocycles. The molecule has 2 aromatic carbocycles. The molecule has 4 aromatic rings. The van der Waals surface area contributed by atoms with Crippen molar-refractivity contribution >= 4 is 16.9 Å². The first-order valence-electron chi connectivity index (χ1n) is 11.3. The van der Waals surface area contributed by atoms with Gasteiger partial charge in [-0.1, -0.05) is 12.1 Å². The number of ether oxygens (including phenoxy) is 2. The Hall–Kier alpha value is -3.79. The number of hydrogen-bond donors (Lipinski definition) is 0. The molecule has 1 aliphatic heterocycles. The van der Waals surface area contributed by atoms with Gasteiger partial charge in [0, 0.05) is 45.0 Å². The lowest BCUT2D eigenvalue weighted by Crippen LogP contribution is -2.37. The fraction of sp³-hybridized carbons (Fsp3) is 0.320. The van der Waals surface area contributed by atoms with Crippen molar-refractivity contribution in [1.29, 1.82) is 0 Å². The molecule has 1 fully saturated rings. The Labute approximate surface area is 200 Å². The predicted molar refractivity (Wildman–Crippen MR) is 128 cm³/mol. The number of hydrogen-bond acceptors (Lipinski definition) is 6. The minimum Gasteiger partial charge on any atom is -0.460 e. The van der Waals surface area contributed by atoms with Gasteiger partial charge in [0.1, 0.15) is 11.6 Å². The monoisotopic (exact) mass is 481 g/mol. The normalized spacial score (nSPS) is 14.9. The Bertz CT molecular complexity index is 1410. The summed E-state index contributed by atoms with van der Waals surface area (Å²) in [5, 5.41) is 0.486. The van der Waals surface area contributed by atoms with Crippen LogP contribution in [0.15, 0.2) is 53.6 Å². The van der Waals surface area contributed by atoms with E-state index in [1.807, 2.05) is 12.1 Å². The Balaban J connectivity index is 1.52. The molecular weight excluding hydrogens is 456 g/mol. The summed E-state index contributed by atoms with van der Waals surface area (Å²) < 4.78 is 41.9. The third kappa shape index (κ3) is 4.49. The van der Waals surface area contributed by atoms with Crippen molar-refractivity contribution in [2.75, 3.05) is 31.2 Å². The highest BCUT2D eigenvalue weighted by molar-refractivity contribution is 5.84. The smallest absolute Gasteiger partial charge is 0.274 e. The molecule has 0 bridgehead atoms. The third-order valence-electron chi connectivity index (χ3n) is 6.10. The van der Waals surface area contributed by atoms with Crippen LogP contribution in [0.4, 0.5) is 14.7 Å². The highest BCUT2D eigenvalue weighted by Crippen LogP contribution is 2.27. The standard InChI is InChI=1S/C25H25F2N5O3/c1-16(26)35-23-5-3-4-21(27)20(23)15-32-22-12-17(6-7-19(22)24(33)30(32)2)18-13-28-25(29-14-18)31-8-10-34-11-9-31/h3-7,12-14,16H,8-11,15H2,1-2H3. The van der Waals surface area contributed by atoms with E-state index >= 15 is 0 Å². The summed E-state index contributed by atoms with van der Waals surface area (Å²) in [5.41, 5.74) is 2.15. The van der Waals surface area contributed by atoms with Gasteiger partial charge in [-0.3, -0.25) is 14.2 Å². The Morgan fingerprint density at radius 3 is 2.57 bits per heavy atom. The maximum Gasteiger partial charge on any atom is 0.274 e. The second-order valence-corrected chi connectivity index (χ2v) is 8.37. The molecule has 35 heavy (non-hydrogen) atoms. The van der Waals surface area contributed by atoms with Crippen LogP contribution in [0, 0.1) is 5.82 Å². The molecular formula is C25H25F2N5O3. The van der Waals surface area contributed by atoms with Crippen molar-refractivity contribution in [2.24, 2.45) is 7.05 Å². The summed E-state index contributed by atoms with van der Waals surface area (Å²) in [6.07, 6.45) is 1.89. The zero-order valence-corrected chi connectivity index (χ0v) is 19.4. The summed E-state index contributed by atoms with van der Waals surface area (Å²) in [6.45, 7) is 3.99. The van der Waals surface area contributed by atoms with Crippen molar-refractivity contribution < 1.29 is 18.3 Å². The van der Waals surface area contributed by atoms with Crippen molar-refractivity contribution in [3.8, 4) is 16.9 Å². The maximum absolute atomic E-state index is 14.7. The molecule has 0 spiro atoms. The fourth-order valence-electron chi connectivity index (χ4n) is 4.27. The van der Waals surface area contributed by atoms with Gasteiger partial charge in [-0.2, -0.15) is 0 Å². The molecule has 10 heteroatoms. The summed E-state index contributed by atoms with van der Waals surface area (Å²) >= 11 is 0. The van der Waals surface area contributed by atoms with Crippen molar-refractivity contribution in [2.45, 2.75) is 19.8 Å². The van der Waals surface area contributed by atoms with Crippen molar-refractivity contribution in [1.82, 2.24) is 19.3 Å². The largest absolute Gasteiger partial charge is 0.460 e. The van der Waals surface area contributed by atoms with Crippen LogP contribution in [0.2, 0.25) is 0 Å². The van der Waals surface area contributed by atoms with E-state index in [0.717, 1.165) is 24.2 Å². The number of halogens is 2. The van der Waals surface area contributed by atoms with Gasteiger partial charge >= 0.3 is 0 Å². The molecule has 5 rings (SSSR count). The summed E-state index contributed by atoms with van der Waals surface area (Å²) in [7, 11) is 1.61. The minimum atomic E-state index is -1.60. The van der Waals surface area contributed by atoms with Crippen molar-refractivity contribution in [3.05, 3.63) is 70.5 Å². The van der Waals surface area contributed by atoms with Gasteiger partial charge in [-0.15, -0.1) is 0 Å². The molecule has 1 atom stereocenters. The first-order chi connectivity index (χ1) is 16.9. The SMILES string of the molecule is CC(F)Oc1cccc(F)c1Cn1c2cc(-c3cnc(N4CCOCC4)nc3)ccc2c(=O)n1C. The molecule has 0 saturated carbocycles. The van der Waals surface area contributed by atoms with Gasteiger partial charge in [-0.05, 0) is 29.8 Å². The second-order valence-electron chi connectivity index (χ2n) is 8.37. The van der Waals surface area contributed by atoms with E-state index in [0.29, 0.717) is 30.1 Å². The molecule has 2 aromatic heterocycles. The van der Waals surface area contributed by atoms with Crippen LogP contribution >= 0.6 is 0 Å². The highest BCUT2D eigenvalue weighted by atomic mass is 19.1. The Morgan fingerprint density at radius 2 is 1.86 bits per heavy atom. The first kappa shape index (κ1) is 23.0. The van der Waals surface area contributed by atoms with Crippen LogP contribution in [0.25, 0.3) is 22.0 Å². The molecule has 1 unspecified atom stereocenters. The topological polar surface area (TPSA) is 74.4 Å². The van der Waals surface area contributed by atoms with Crippen molar-refractivity contribution in [3.63, 3.8) is 0 Å². The summed E-state index contributed by atoms with van der Waals surface area (Å²) in [6, 6.07) is 9.68. The van der Waals surface area contributed by atoms with E-state index < -0.39 is 12.2 Å². The number of rotatable bonds is 6. The highest BCUT2D eigenvalue weighted by Gasteiger charge is 2.18. The lowest BCUT2D eigenvalue weighted by molar-refractivity contribution is 0.0843. The van der Waals surface area contributed by atoms with Gasteiger partial charge in [-0.25, -0.2) is 18.7 Å². The fourth-order valence-corrected chi connectivity index (χ4v) is 4.27. The average molecular weight is 482 g/mol. The number of benzene rings is 2. The first-order valence-corrected chi connectivity index (χ1v) is 11.3. The molecule has 0 amide bonds. The lowest BCUT2D eigenvalue weighted by atomic mass is 10.1. The molecule has 0 N–H and O–H groups in total. The molecule has 1 aliphatic rings. The van der Waals surface area contributed by atoms with Crippen LogP contribution in [-0.4, -0.2) is 52.0 Å². The minimum absolute atomic E-state index is 0.0140. The summed E-state index contributed by atoms with van der Waals surface area (Å²) in [4.78, 5) is 24.0. The zero-order chi connectivity index (χ0) is 24.5. The number of fused-ring (bicyclic) bond motifs is 1. The Morgan fingerprint density at radius 1 is 1.11 bits per heavy atom. The van der Waals surface area contributed by atoms with E-state index in [1.165, 1.54) is 29.8 Å². The van der Waals surface area contributed by atoms with Gasteiger partial charge in [0.05, 0.1) is 36.2 Å². The van der Waals surface area contributed by atoms with Gasteiger partial charge in [0.25, 0.3) is 5.56 Å². The molecule has 182 valence electrons. The van der Waals surface area contributed by atoms with E-state index in [1.54, 1.807) is 30.2 Å². The number of morpholine rings is 1. The van der Waals surface area contributed by atoms with Crippen LogP contribution in [0.3, 0.4) is 0 Å².